The molecule has 77 heavy (non-hydrogen) atoms. The molecule has 3 aromatic heterocycles. The number of anilines is 6. The van der Waals surface area contributed by atoms with Crippen LogP contribution in [-0.4, -0.2) is 0 Å². The lowest BCUT2D eigenvalue weighted by Crippen LogP contribution is -2.11. The average molecular weight is 999 g/mol. The monoisotopic (exact) mass is 998 g/mol. The fourth-order valence-electron chi connectivity index (χ4n) is 11.9. The molecule has 15 rings (SSSR count). The smallest absolute Gasteiger partial charge is 0.159 e. The second-order valence-electron chi connectivity index (χ2n) is 19.9. The second-order valence-corrected chi connectivity index (χ2v) is 19.9. The SMILES string of the molecule is Cc1ccccc1-c1cccc2c1oc1c(N(c3ccc(F)cc3)c3cc4c5cc(N(c6ccc(F)cc6)c6cccc7c6oc6c(-c8ccccc8C)cccc67)c6ccccc6c5oc4c4ccccc34)cccc12. The highest BCUT2D eigenvalue weighted by Gasteiger charge is 2.28. The molecule has 7 heteroatoms. The molecule has 0 N–H and O–H groups in total. The summed E-state index contributed by atoms with van der Waals surface area (Å²) < 4.78 is 51.5. The summed E-state index contributed by atoms with van der Waals surface area (Å²) in [4.78, 5) is 4.36. The number of nitrogens with zero attached hydrogens (tertiary/aromatic N) is 2. The van der Waals surface area contributed by atoms with Crippen molar-refractivity contribution in [2.24, 2.45) is 0 Å². The van der Waals surface area contributed by atoms with Crippen molar-refractivity contribution >= 4 is 121 Å². The normalized spacial score (nSPS) is 11.9. The van der Waals surface area contributed by atoms with Gasteiger partial charge >= 0.3 is 0 Å². The summed E-state index contributed by atoms with van der Waals surface area (Å²) in [6, 6.07) is 76.1. The number of benzene rings is 12. The van der Waals surface area contributed by atoms with Crippen LogP contribution < -0.4 is 9.80 Å². The first kappa shape index (κ1) is 44.5. The molecule has 0 atom stereocenters. The first-order valence-corrected chi connectivity index (χ1v) is 25.8. The van der Waals surface area contributed by atoms with E-state index in [4.69, 9.17) is 13.3 Å². The van der Waals surface area contributed by atoms with Gasteiger partial charge in [-0.05, 0) is 109 Å². The van der Waals surface area contributed by atoms with Gasteiger partial charge in [-0.3, -0.25) is 0 Å². The van der Waals surface area contributed by atoms with Crippen molar-refractivity contribution in [1.82, 2.24) is 0 Å². The Morgan fingerprint density at radius 1 is 0.260 bits per heavy atom. The molecule has 0 aliphatic carbocycles. The molecule has 0 unspecified atom stereocenters. The number of hydrogen-bond donors (Lipinski definition) is 0. The third kappa shape index (κ3) is 6.90. The lowest BCUT2D eigenvalue weighted by molar-refractivity contribution is 0.627. The van der Waals surface area contributed by atoms with Gasteiger partial charge in [0.25, 0.3) is 0 Å². The van der Waals surface area contributed by atoms with E-state index in [1.54, 1.807) is 0 Å². The maximum Gasteiger partial charge on any atom is 0.159 e. The number of hydrogen-bond acceptors (Lipinski definition) is 5. The second kappa shape index (κ2) is 17.3. The van der Waals surface area contributed by atoms with Crippen LogP contribution in [0.25, 0.3) is 110 Å². The molecule has 15 aromatic rings. The van der Waals surface area contributed by atoms with Crippen LogP contribution >= 0.6 is 0 Å². The van der Waals surface area contributed by atoms with E-state index in [9.17, 15) is 0 Å². The van der Waals surface area contributed by atoms with Gasteiger partial charge in [0.2, 0.25) is 0 Å². The van der Waals surface area contributed by atoms with Crippen LogP contribution in [0.15, 0.2) is 244 Å². The molecule has 0 fully saturated rings. The molecule has 366 valence electrons. The summed E-state index contributed by atoms with van der Waals surface area (Å²) in [6.07, 6.45) is 0. The Labute approximate surface area is 440 Å². The van der Waals surface area contributed by atoms with Crippen LogP contribution in [-0.2, 0) is 0 Å². The van der Waals surface area contributed by atoms with Crippen molar-refractivity contribution in [3.05, 3.63) is 253 Å². The van der Waals surface area contributed by atoms with Gasteiger partial charge < -0.3 is 23.1 Å². The molecule has 0 saturated heterocycles. The van der Waals surface area contributed by atoms with E-state index < -0.39 is 0 Å². The molecule has 0 amide bonds. The molecule has 0 aliphatic heterocycles. The quantitative estimate of drug-likeness (QED) is 0.152. The van der Waals surface area contributed by atoms with Crippen LogP contribution in [0.2, 0.25) is 0 Å². The fraction of sp³-hybridized carbons (Fsp3) is 0.0286. The Balaban J connectivity index is 1.01. The Morgan fingerprint density at radius 3 is 0.987 bits per heavy atom. The molecule has 3 heterocycles. The van der Waals surface area contributed by atoms with E-state index in [1.807, 2.05) is 48.5 Å². The van der Waals surface area contributed by atoms with E-state index >= 15 is 8.78 Å². The van der Waals surface area contributed by atoms with Crippen molar-refractivity contribution in [2.75, 3.05) is 9.80 Å². The molecular weight excluding hydrogens is 955 g/mol. The highest BCUT2D eigenvalue weighted by molar-refractivity contribution is 6.26. The molecule has 0 spiro atoms. The third-order valence-electron chi connectivity index (χ3n) is 15.5. The maximum atomic E-state index is 15.0. The largest absolute Gasteiger partial charge is 0.455 e. The highest BCUT2D eigenvalue weighted by Crippen LogP contribution is 2.52. The van der Waals surface area contributed by atoms with E-state index in [2.05, 4.69) is 181 Å². The van der Waals surface area contributed by atoms with E-state index in [0.717, 1.165) is 144 Å². The zero-order chi connectivity index (χ0) is 51.5. The number of furan rings is 3. The lowest BCUT2D eigenvalue weighted by atomic mass is 9.98. The van der Waals surface area contributed by atoms with Crippen molar-refractivity contribution in [3.8, 4) is 22.3 Å². The van der Waals surface area contributed by atoms with E-state index in [0.29, 0.717) is 11.2 Å². The van der Waals surface area contributed by atoms with Crippen LogP contribution in [0.1, 0.15) is 11.1 Å². The van der Waals surface area contributed by atoms with Crippen LogP contribution in [0.4, 0.5) is 42.9 Å². The summed E-state index contributed by atoms with van der Waals surface area (Å²) in [7, 11) is 0. The molecule has 0 bridgehead atoms. The van der Waals surface area contributed by atoms with Gasteiger partial charge in [-0.15, -0.1) is 0 Å². The fourth-order valence-corrected chi connectivity index (χ4v) is 11.9. The van der Waals surface area contributed by atoms with Gasteiger partial charge in [0, 0.05) is 76.4 Å². The molecule has 0 radical (unpaired) electrons. The minimum Gasteiger partial charge on any atom is -0.455 e. The molecule has 0 saturated carbocycles. The molecule has 12 aromatic carbocycles. The van der Waals surface area contributed by atoms with Gasteiger partial charge in [-0.25, -0.2) is 8.78 Å². The molecular formula is C70H44F2N2O3. The van der Waals surface area contributed by atoms with Crippen LogP contribution in [0.5, 0.6) is 0 Å². The van der Waals surface area contributed by atoms with Gasteiger partial charge in [0.15, 0.2) is 11.2 Å². The predicted octanol–water partition coefficient (Wildman–Crippen LogP) is 20.9. The van der Waals surface area contributed by atoms with Gasteiger partial charge in [-0.1, -0.05) is 158 Å². The predicted molar refractivity (Wildman–Crippen MR) is 313 cm³/mol. The summed E-state index contributed by atoms with van der Waals surface area (Å²) in [5.41, 5.74) is 15.7. The number of aryl methyl sites for hydroxylation is 2. The molecule has 5 nitrogen and oxygen atoms in total. The zero-order valence-electron chi connectivity index (χ0n) is 41.8. The van der Waals surface area contributed by atoms with E-state index in [-0.39, 0.29) is 11.6 Å². The van der Waals surface area contributed by atoms with Crippen molar-refractivity contribution in [3.63, 3.8) is 0 Å². The van der Waals surface area contributed by atoms with Gasteiger partial charge in [0.05, 0.1) is 22.7 Å². The Bertz CT molecular complexity index is 4570. The molecule has 0 aliphatic rings. The number of para-hydroxylation sites is 4. The average Bonchev–Trinajstić information content (AvgIpc) is 4.36. The van der Waals surface area contributed by atoms with Crippen molar-refractivity contribution < 1.29 is 22.0 Å². The van der Waals surface area contributed by atoms with Gasteiger partial charge in [0.1, 0.15) is 34.0 Å². The summed E-state index contributed by atoms with van der Waals surface area (Å²) in [6.45, 7) is 4.24. The topological polar surface area (TPSA) is 45.9 Å². The highest BCUT2D eigenvalue weighted by atomic mass is 19.1. The van der Waals surface area contributed by atoms with Crippen LogP contribution in [0, 0.1) is 25.5 Å². The first-order valence-electron chi connectivity index (χ1n) is 25.8. The van der Waals surface area contributed by atoms with Crippen LogP contribution in [0.3, 0.4) is 0 Å². The maximum absolute atomic E-state index is 15.0. The zero-order valence-corrected chi connectivity index (χ0v) is 41.8. The van der Waals surface area contributed by atoms with Crippen molar-refractivity contribution in [1.29, 1.82) is 0 Å². The minimum atomic E-state index is -0.338. The standard InChI is InChI=1S/C70H44F2N2O3/c1-41-15-3-5-17-47(41)51-23-11-25-55-57-27-13-29-61(69(57)76-65(51)55)73(45-35-31-43(71)32-36-45)63-39-59-60-40-64(50-20-8-10-22-54(50)68(60)75-67(59)53-21-9-7-19-49(53)63)74(46-37-33-44(72)34-38-46)62-30-14-28-58-56-26-12-24-52(66(56)77-70(58)62)48-18-6-4-16-42(48)2/h3-40H,1-2H3. The first-order chi connectivity index (χ1) is 37.9. The number of fused-ring (bicyclic) bond motifs is 13. The Morgan fingerprint density at radius 2 is 0.571 bits per heavy atom. The Kier molecular flexibility index (Phi) is 10.00. The lowest BCUT2D eigenvalue weighted by Gasteiger charge is -2.27. The van der Waals surface area contributed by atoms with Crippen molar-refractivity contribution in [2.45, 2.75) is 13.8 Å². The Hall–Kier alpha value is -9.98. The summed E-state index contributed by atoms with van der Waals surface area (Å²) in [5, 5.41) is 9.32. The number of halogens is 2. The van der Waals surface area contributed by atoms with Gasteiger partial charge in [-0.2, -0.15) is 0 Å². The summed E-state index contributed by atoms with van der Waals surface area (Å²) in [5.74, 6) is -0.676. The van der Waals surface area contributed by atoms with E-state index in [1.165, 1.54) is 24.3 Å². The third-order valence-corrected chi connectivity index (χ3v) is 15.5. The summed E-state index contributed by atoms with van der Waals surface area (Å²) >= 11 is 0. The minimum absolute atomic E-state index is 0.338. The number of rotatable bonds is 8.